The third-order valence-corrected chi connectivity index (χ3v) is 5.19. The molecule has 1 fully saturated rings. The fourth-order valence-corrected chi connectivity index (χ4v) is 3.38. The quantitative estimate of drug-likeness (QED) is 0.929. The highest BCUT2D eigenvalue weighted by Gasteiger charge is 2.29. The van der Waals surface area contributed by atoms with Crippen molar-refractivity contribution in [1.29, 1.82) is 0 Å². The van der Waals surface area contributed by atoms with Gasteiger partial charge in [-0.2, -0.15) is 5.10 Å². The van der Waals surface area contributed by atoms with Crippen LogP contribution in [0.15, 0.2) is 36.7 Å². The number of hydrogen-bond acceptors (Lipinski definition) is 2. The van der Waals surface area contributed by atoms with Crippen LogP contribution in [0, 0.1) is 6.92 Å². The fraction of sp³-hybridized carbons (Fsp3) is 0.500. The second kappa shape index (κ2) is 6.90. The molecule has 2 amide bonds. The Balaban J connectivity index is 1.55. The first-order valence-electron chi connectivity index (χ1n) is 8.93. The monoisotopic (exact) mass is 340 g/mol. The molecular formula is C20H28N4O. The summed E-state index contributed by atoms with van der Waals surface area (Å²) in [5.74, 6) is 0.393. The molecule has 0 spiro atoms. The molecule has 1 aliphatic rings. The van der Waals surface area contributed by atoms with E-state index in [9.17, 15) is 4.79 Å². The topological polar surface area (TPSA) is 50.2 Å². The summed E-state index contributed by atoms with van der Waals surface area (Å²) in [5, 5.41) is 7.36. The Labute approximate surface area is 150 Å². The Bertz CT molecular complexity index is 732. The van der Waals surface area contributed by atoms with E-state index in [0.717, 1.165) is 19.5 Å². The zero-order valence-corrected chi connectivity index (χ0v) is 15.6. The zero-order valence-electron chi connectivity index (χ0n) is 15.6. The van der Waals surface area contributed by atoms with Crippen molar-refractivity contribution in [3.63, 3.8) is 0 Å². The number of benzene rings is 1. The molecule has 134 valence electrons. The largest absolute Gasteiger partial charge is 0.337 e. The van der Waals surface area contributed by atoms with Crippen molar-refractivity contribution in [2.45, 2.75) is 38.5 Å². The van der Waals surface area contributed by atoms with Crippen LogP contribution in [0.2, 0.25) is 0 Å². The molecule has 1 aliphatic heterocycles. The normalized spacial score (nSPS) is 17.8. The van der Waals surface area contributed by atoms with Gasteiger partial charge < -0.3 is 10.2 Å². The number of carbonyl (C=O) groups excluding carboxylic acids is 1. The number of likely N-dealkylation sites (tertiary alicyclic amines) is 1. The Morgan fingerprint density at radius 3 is 2.68 bits per heavy atom. The molecule has 5 nitrogen and oxygen atoms in total. The molecule has 25 heavy (non-hydrogen) atoms. The molecular weight excluding hydrogens is 312 g/mol. The van der Waals surface area contributed by atoms with Gasteiger partial charge in [0, 0.05) is 44.2 Å². The fourth-order valence-electron chi connectivity index (χ4n) is 3.38. The van der Waals surface area contributed by atoms with Crippen molar-refractivity contribution in [3.8, 4) is 0 Å². The number of urea groups is 1. The lowest BCUT2D eigenvalue weighted by Crippen LogP contribution is -2.43. The van der Waals surface area contributed by atoms with Crippen molar-refractivity contribution in [2.24, 2.45) is 7.05 Å². The first-order chi connectivity index (χ1) is 11.8. The van der Waals surface area contributed by atoms with Crippen molar-refractivity contribution in [3.05, 3.63) is 53.3 Å². The summed E-state index contributed by atoms with van der Waals surface area (Å²) in [6.45, 7) is 8.62. The van der Waals surface area contributed by atoms with Gasteiger partial charge in [0.1, 0.15) is 0 Å². The maximum Gasteiger partial charge on any atom is 0.317 e. The van der Waals surface area contributed by atoms with E-state index in [-0.39, 0.29) is 11.4 Å². The average Bonchev–Trinajstić information content (AvgIpc) is 3.22. The molecule has 1 aromatic heterocycles. The van der Waals surface area contributed by atoms with Crippen LogP contribution in [-0.4, -0.2) is 40.3 Å². The maximum absolute atomic E-state index is 12.6. The van der Waals surface area contributed by atoms with Gasteiger partial charge in [0.2, 0.25) is 0 Å². The predicted molar refractivity (Wildman–Crippen MR) is 99.7 cm³/mol. The van der Waals surface area contributed by atoms with Gasteiger partial charge in [-0.15, -0.1) is 0 Å². The standard InChI is InChI=1S/C20H28N4O/c1-15-5-7-18(8-6-15)20(2,3)14-21-19(25)24-10-9-16(13-24)17-11-22-23(4)12-17/h5-8,11-12,16H,9-10,13-14H2,1-4H3,(H,21,25). The first kappa shape index (κ1) is 17.5. The number of nitrogens with one attached hydrogen (secondary N) is 1. The van der Waals surface area contributed by atoms with Crippen LogP contribution in [0.3, 0.4) is 0 Å². The van der Waals surface area contributed by atoms with Gasteiger partial charge in [-0.05, 0) is 24.5 Å². The van der Waals surface area contributed by atoms with Gasteiger partial charge in [0.25, 0.3) is 0 Å². The average molecular weight is 340 g/mol. The van der Waals surface area contributed by atoms with Crippen molar-refractivity contribution in [1.82, 2.24) is 20.0 Å². The molecule has 2 heterocycles. The summed E-state index contributed by atoms with van der Waals surface area (Å²) < 4.78 is 1.82. The van der Waals surface area contributed by atoms with Crippen LogP contribution >= 0.6 is 0 Å². The third-order valence-electron chi connectivity index (χ3n) is 5.19. The zero-order chi connectivity index (χ0) is 18.0. The summed E-state index contributed by atoms with van der Waals surface area (Å²) in [7, 11) is 1.93. The SMILES string of the molecule is Cc1ccc(C(C)(C)CNC(=O)N2CCC(c3cnn(C)c3)C2)cc1. The lowest BCUT2D eigenvalue weighted by atomic mass is 9.84. The van der Waals surface area contributed by atoms with Crippen LogP contribution in [0.25, 0.3) is 0 Å². The lowest BCUT2D eigenvalue weighted by Gasteiger charge is -2.27. The second-order valence-corrected chi connectivity index (χ2v) is 7.79. The molecule has 0 saturated carbocycles. The summed E-state index contributed by atoms with van der Waals surface area (Å²) in [5.41, 5.74) is 3.62. The van der Waals surface area contributed by atoms with Crippen molar-refractivity contribution >= 4 is 6.03 Å². The highest BCUT2D eigenvalue weighted by atomic mass is 16.2. The highest BCUT2D eigenvalue weighted by Crippen LogP contribution is 2.27. The number of carbonyl (C=O) groups is 1. The van der Waals surface area contributed by atoms with Crippen LogP contribution in [-0.2, 0) is 12.5 Å². The van der Waals surface area contributed by atoms with Gasteiger partial charge in [-0.25, -0.2) is 4.79 Å². The van der Waals surface area contributed by atoms with Crippen LogP contribution < -0.4 is 5.32 Å². The Morgan fingerprint density at radius 1 is 1.32 bits per heavy atom. The predicted octanol–water partition coefficient (Wildman–Crippen LogP) is 3.21. The maximum atomic E-state index is 12.6. The van der Waals surface area contributed by atoms with E-state index < -0.39 is 0 Å². The molecule has 1 atom stereocenters. The molecule has 0 radical (unpaired) electrons. The molecule has 2 aromatic rings. The molecule has 1 saturated heterocycles. The Morgan fingerprint density at radius 2 is 2.04 bits per heavy atom. The highest BCUT2D eigenvalue weighted by molar-refractivity contribution is 5.74. The molecule has 0 bridgehead atoms. The summed E-state index contributed by atoms with van der Waals surface area (Å²) in [6, 6.07) is 8.58. The molecule has 5 heteroatoms. The third kappa shape index (κ3) is 4.03. The molecule has 1 N–H and O–H groups in total. The van der Waals surface area contributed by atoms with E-state index in [1.54, 1.807) is 0 Å². The van der Waals surface area contributed by atoms with E-state index >= 15 is 0 Å². The van der Waals surface area contributed by atoms with E-state index in [2.05, 4.69) is 55.5 Å². The number of hydrogen-bond donors (Lipinski definition) is 1. The van der Waals surface area contributed by atoms with E-state index in [1.165, 1.54) is 16.7 Å². The van der Waals surface area contributed by atoms with Crippen molar-refractivity contribution < 1.29 is 4.79 Å². The second-order valence-electron chi connectivity index (χ2n) is 7.79. The van der Waals surface area contributed by atoms with Crippen LogP contribution in [0.1, 0.15) is 42.9 Å². The van der Waals surface area contributed by atoms with Gasteiger partial charge >= 0.3 is 6.03 Å². The van der Waals surface area contributed by atoms with Gasteiger partial charge in [-0.3, -0.25) is 4.68 Å². The van der Waals surface area contributed by atoms with E-state index in [4.69, 9.17) is 0 Å². The molecule has 1 aromatic carbocycles. The van der Waals surface area contributed by atoms with E-state index in [1.807, 2.05) is 29.0 Å². The van der Waals surface area contributed by atoms with Gasteiger partial charge in [-0.1, -0.05) is 43.7 Å². The molecule has 0 aliphatic carbocycles. The van der Waals surface area contributed by atoms with Gasteiger partial charge in [0.15, 0.2) is 0 Å². The molecule has 3 rings (SSSR count). The van der Waals surface area contributed by atoms with Crippen molar-refractivity contribution in [2.75, 3.05) is 19.6 Å². The number of nitrogens with zero attached hydrogens (tertiary/aromatic N) is 3. The first-order valence-corrected chi connectivity index (χ1v) is 8.93. The number of rotatable bonds is 4. The van der Waals surface area contributed by atoms with Crippen LogP contribution in [0.5, 0.6) is 0 Å². The summed E-state index contributed by atoms with van der Waals surface area (Å²) in [4.78, 5) is 14.5. The Hall–Kier alpha value is -2.30. The lowest BCUT2D eigenvalue weighted by molar-refractivity contribution is 0.205. The van der Waals surface area contributed by atoms with Crippen LogP contribution in [0.4, 0.5) is 4.79 Å². The summed E-state index contributed by atoms with van der Waals surface area (Å²) in [6.07, 6.45) is 4.96. The van der Waals surface area contributed by atoms with Gasteiger partial charge in [0.05, 0.1) is 6.20 Å². The minimum Gasteiger partial charge on any atom is -0.337 e. The molecule has 1 unspecified atom stereocenters. The smallest absolute Gasteiger partial charge is 0.317 e. The minimum atomic E-state index is -0.0914. The number of amides is 2. The Kier molecular flexibility index (Phi) is 4.84. The number of aromatic nitrogens is 2. The minimum absolute atomic E-state index is 0.0339. The number of aryl methyl sites for hydroxylation is 2. The van der Waals surface area contributed by atoms with E-state index in [0.29, 0.717) is 12.5 Å². The summed E-state index contributed by atoms with van der Waals surface area (Å²) >= 11 is 0.